The Balaban J connectivity index is 1.40. The molecule has 5 nitrogen and oxygen atoms in total. The number of rotatable bonds is 3. The topological polar surface area (TPSA) is 51.4 Å². The zero-order valence-electron chi connectivity index (χ0n) is 11.4. The molecule has 0 radical (unpaired) electrons. The molecule has 1 aliphatic carbocycles. The average molecular weight is 263 g/mol. The van der Waals surface area contributed by atoms with Crippen LogP contribution in [0.15, 0.2) is 4.52 Å². The first-order chi connectivity index (χ1) is 9.28. The molecular formula is C14H21N3O2. The van der Waals surface area contributed by atoms with Gasteiger partial charge in [-0.3, -0.25) is 0 Å². The number of ether oxygens (including phenoxy) is 1. The van der Waals surface area contributed by atoms with Gasteiger partial charge in [0.15, 0.2) is 5.82 Å². The van der Waals surface area contributed by atoms with Crippen molar-refractivity contribution in [2.45, 2.75) is 44.8 Å². The number of fused-ring (bicyclic) bond motifs is 1. The van der Waals surface area contributed by atoms with Gasteiger partial charge in [0, 0.05) is 13.1 Å². The lowest BCUT2D eigenvalue weighted by atomic mass is 9.91. The largest absolute Gasteiger partial charge is 0.364 e. The van der Waals surface area contributed by atoms with Gasteiger partial charge in [-0.1, -0.05) is 5.16 Å². The van der Waals surface area contributed by atoms with E-state index in [1.54, 1.807) is 0 Å². The number of piperidine rings is 1. The number of hydrogen-bond donors (Lipinski definition) is 0. The van der Waals surface area contributed by atoms with Gasteiger partial charge in [0.1, 0.15) is 6.10 Å². The molecule has 1 saturated carbocycles. The number of nitrogens with zero attached hydrogens (tertiary/aromatic N) is 3. The monoisotopic (exact) mass is 263 g/mol. The molecule has 19 heavy (non-hydrogen) atoms. The van der Waals surface area contributed by atoms with Crippen molar-refractivity contribution in [3.63, 3.8) is 0 Å². The predicted octanol–water partition coefficient (Wildman–Crippen LogP) is 1.94. The summed E-state index contributed by atoms with van der Waals surface area (Å²) in [4.78, 5) is 6.90. The van der Waals surface area contributed by atoms with Gasteiger partial charge >= 0.3 is 0 Å². The van der Waals surface area contributed by atoms with Gasteiger partial charge in [0.05, 0.1) is 6.10 Å². The van der Waals surface area contributed by atoms with Crippen LogP contribution in [0.25, 0.3) is 0 Å². The Kier molecular flexibility index (Phi) is 2.84. The third kappa shape index (κ3) is 2.41. The number of aromatic nitrogens is 2. The Morgan fingerprint density at radius 2 is 2.21 bits per heavy atom. The molecule has 0 spiro atoms. The van der Waals surface area contributed by atoms with Crippen LogP contribution >= 0.6 is 0 Å². The zero-order chi connectivity index (χ0) is 12.8. The van der Waals surface area contributed by atoms with E-state index in [1.807, 2.05) is 6.92 Å². The van der Waals surface area contributed by atoms with E-state index >= 15 is 0 Å². The maximum atomic E-state index is 6.16. The van der Waals surface area contributed by atoms with Crippen molar-refractivity contribution >= 4 is 0 Å². The lowest BCUT2D eigenvalue weighted by Gasteiger charge is -2.34. The number of likely N-dealkylation sites (tertiary alicyclic amines) is 1. The van der Waals surface area contributed by atoms with E-state index in [0.717, 1.165) is 18.9 Å². The van der Waals surface area contributed by atoms with E-state index < -0.39 is 0 Å². The van der Waals surface area contributed by atoms with Gasteiger partial charge in [-0.25, -0.2) is 0 Å². The summed E-state index contributed by atoms with van der Waals surface area (Å²) in [5.74, 6) is 3.00. The second kappa shape index (κ2) is 4.56. The zero-order valence-corrected chi connectivity index (χ0v) is 11.4. The van der Waals surface area contributed by atoms with E-state index in [4.69, 9.17) is 9.26 Å². The van der Waals surface area contributed by atoms with Gasteiger partial charge in [0.25, 0.3) is 5.89 Å². The Morgan fingerprint density at radius 3 is 2.95 bits per heavy atom. The molecule has 0 N–H and O–H groups in total. The standard InChI is InChI=1S/C14H21N3O2/c1-9-15-14(19-16-9)12-6-11-4-5-17(7-10-2-3-10)8-13(11)18-12/h10-13H,2-8H2,1H3/t11-,12+,13+/m0/s1. The van der Waals surface area contributed by atoms with Crippen LogP contribution in [0, 0.1) is 18.8 Å². The Labute approximate surface area is 113 Å². The highest BCUT2D eigenvalue weighted by Crippen LogP contribution is 2.41. The van der Waals surface area contributed by atoms with E-state index in [2.05, 4.69) is 15.0 Å². The van der Waals surface area contributed by atoms with E-state index in [1.165, 1.54) is 32.4 Å². The smallest absolute Gasteiger partial charge is 0.255 e. The van der Waals surface area contributed by atoms with Crippen LogP contribution in [0.3, 0.4) is 0 Å². The number of hydrogen-bond acceptors (Lipinski definition) is 5. The van der Waals surface area contributed by atoms with Crippen LogP contribution in [-0.2, 0) is 4.74 Å². The molecule has 2 aliphatic heterocycles. The summed E-state index contributed by atoms with van der Waals surface area (Å²) in [7, 11) is 0. The van der Waals surface area contributed by atoms with E-state index in [0.29, 0.717) is 23.7 Å². The molecule has 3 aliphatic rings. The van der Waals surface area contributed by atoms with Crippen molar-refractivity contribution in [3.05, 3.63) is 11.7 Å². The highest BCUT2D eigenvalue weighted by Gasteiger charge is 2.42. The van der Waals surface area contributed by atoms with Crippen molar-refractivity contribution in [2.24, 2.45) is 11.8 Å². The summed E-state index contributed by atoms with van der Waals surface area (Å²) >= 11 is 0. The van der Waals surface area contributed by atoms with E-state index in [9.17, 15) is 0 Å². The molecule has 5 heteroatoms. The maximum absolute atomic E-state index is 6.16. The third-order valence-corrected chi connectivity index (χ3v) is 4.67. The van der Waals surface area contributed by atoms with Crippen LogP contribution in [0.5, 0.6) is 0 Å². The van der Waals surface area contributed by atoms with Gasteiger partial charge < -0.3 is 14.2 Å². The van der Waals surface area contributed by atoms with E-state index in [-0.39, 0.29) is 6.10 Å². The van der Waals surface area contributed by atoms with Crippen LogP contribution in [-0.4, -0.2) is 40.8 Å². The first-order valence-electron chi connectivity index (χ1n) is 7.46. The summed E-state index contributed by atoms with van der Waals surface area (Å²) in [5.41, 5.74) is 0. The SMILES string of the molecule is Cc1noc([C@H]2C[C@@H]3CCN(CC4CC4)C[C@H]3O2)n1. The van der Waals surface area contributed by atoms with Crippen LogP contribution in [0.4, 0.5) is 0 Å². The summed E-state index contributed by atoms with van der Waals surface area (Å²) in [6.45, 7) is 5.45. The molecule has 3 fully saturated rings. The normalized spacial score (nSPS) is 35.5. The molecule has 0 amide bonds. The molecule has 0 unspecified atom stereocenters. The molecule has 2 saturated heterocycles. The summed E-state index contributed by atoms with van der Waals surface area (Å²) in [6.07, 6.45) is 5.54. The Morgan fingerprint density at radius 1 is 1.32 bits per heavy atom. The van der Waals surface area contributed by atoms with Gasteiger partial charge in [-0.2, -0.15) is 4.98 Å². The van der Waals surface area contributed by atoms with Crippen molar-refractivity contribution in [1.82, 2.24) is 15.0 Å². The third-order valence-electron chi connectivity index (χ3n) is 4.67. The molecular weight excluding hydrogens is 242 g/mol. The number of aryl methyl sites for hydroxylation is 1. The minimum absolute atomic E-state index is 0.0251. The lowest BCUT2D eigenvalue weighted by molar-refractivity contribution is -0.0180. The lowest BCUT2D eigenvalue weighted by Crippen LogP contribution is -2.43. The highest BCUT2D eigenvalue weighted by atomic mass is 16.5. The molecule has 1 aromatic rings. The fourth-order valence-corrected chi connectivity index (χ4v) is 3.43. The second-order valence-corrected chi connectivity index (χ2v) is 6.33. The van der Waals surface area contributed by atoms with Gasteiger partial charge in [-0.05, 0) is 51.0 Å². The van der Waals surface area contributed by atoms with Gasteiger partial charge in [-0.15, -0.1) is 0 Å². The average Bonchev–Trinajstić information content (AvgIpc) is 2.94. The molecule has 3 atom stereocenters. The summed E-state index contributed by atoms with van der Waals surface area (Å²) < 4.78 is 11.4. The molecule has 4 rings (SSSR count). The first-order valence-corrected chi connectivity index (χ1v) is 7.46. The maximum Gasteiger partial charge on any atom is 0.255 e. The van der Waals surface area contributed by atoms with Gasteiger partial charge in [0.2, 0.25) is 0 Å². The minimum atomic E-state index is 0.0251. The van der Waals surface area contributed by atoms with Crippen LogP contribution in [0.1, 0.15) is 43.5 Å². The Hall–Kier alpha value is -0.940. The molecule has 104 valence electrons. The van der Waals surface area contributed by atoms with Crippen molar-refractivity contribution in [2.75, 3.05) is 19.6 Å². The fourth-order valence-electron chi connectivity index (χ4n) is 3.43. The Bertz CT molecular complexity index is 457. The van der Waals surface area contributed by atoms with Crippen LogP contribution < -0.4 is 0 Å². The summed E-state index contributed by atoms with van der Waals surface area (Å²) in [5, 5.41) is 3.86. The second-order valence-electron chi connectivity index (χ2n) is 6.33. The molecule has 1 aromatic heterocycles. The summed E-state index contributed by atoms with van der Waals surface area (Å²) in [6, 6.07) is 0. The molecule has 0 aromatic carbocycles. The fraction of sp³-hybridized carbons (Fsp3) is 0.857. The highest BCUT2D eigenvalue weighted by molar-refractivity contribution is 4.97. The van der Waals surface area contributed by atoms with Crippen LogP contribution in [0.2, 0.25) is 0 Å². The van der Waals surface area contributed by atoms with Crippen molar-refractivity contribution in [3.8, 4) is 0 Å². The molecule has 0 bridgehead atoms. The predicted molar refractivity (Wildman–Crippen MR) is 68.5 cm³/mol. The first kappa shape index (κ1) is 11.9. The molecule has 3 heterocycles. The minimum Gasteiger partial charge on any atom is -0.364 e. The van der Waals surface area contributed by atoms with Crippen molar-refractivity contribution in [1.29, 1.82) is 0 Å². The quantitative estimate of drug-likeness (QED) is 0.834. The van der Waals surface area contributed by atoms with Crippen molar-refractivity contribution < 1.29 is 9.26 Å².